The molecule has 1 saturated heterocycles. The van der Waals surface area contributed by atoms with E-state index in [1.807, 2.05) is 31.2 Å². The number of nitrogens with one attached hydrogen (secondary N) is 2. The molecule has 2 aromatic rings. The van der Waals surface area contributed by atoms with Gasteiger partial charge in [-0.25, -0.2) is 8.42 Å². The second-order valence-electron chi connectivity index (χ2n) is 6.00. The lowest BCUT2D eigenvalue weighted by Gasteiger charge is -2.13. The van der Waals surface area contributed by atoms with E-state index in [1.165, 1.54) is 6.20 Å². The minimum absolute atomic E-state index is 0.120. The van der Waals surface area contributed by atoms with Crippen LogP contribution in [0.4, 0.5) is 11.4 Å². The van der Waals surface area contributed by atoms with Crippen molar-refractivity contribution in [1.82, 2.24) is 4.98 Å². The number of aromatic nitrogens is 1. The molecule has 1 aliphatic heterocycles. The van der Waals surface area contributed by atoms with E-state index in [-0.39, 0.29) is 29.1 Å². The Morgan fingerprint density at radius 1 is 1.21 bits per heavy atom. The number of amides is 1. The number of sulfone groups is 1. The van der Waals surface area contributed by atoms with Crippen LogP contribution in [-0.2, 0) is 9.84 Å². The van der Waals surface area contributed by atoms with Gasteiger partial charge in [-0.2, -0.15) is 0 Å². The lowest BCUT2D eigenvalue weighted by molar-refractivity contribution is 0.102. The average molecular weight is 345 g/mol. The van der Waals surface area contributed by atoms with Crippen LogP contribution in [0.3, 0.4) is 0 Å². The summed E-state index contributed by atoms with van der Waals surface area (Å²) in [5, 5.41) is 5.97. The number of carbonyl (C=O) groups excluding carboxylic acids is 1. The number of anilines is 2. The fourth-order valence-electron chi connectivity index (χ4n) is 2.71. The Labute approximate surface area is 141 Å². The van der Waals surface area contributed by atoms with Gasteiger partial charge in [-0.3, -0.25) is 9.78 Å². The van der Waals surface area contributed by atoms with Crippen LogP contribution in [0.2, 0.25) is 0 Å². The molecule has 0 bridgehead atoms. The van der Waals surface area contributed by atoms with E-state index >= 15 is 0 Å². The first-order valence-electron chi connectivity index (χ1n) is 7.72. The highest BCUT2D eigenvalue weighted by Gasteiger charge is 2.27. The maximum atomic E-state index is 12.3. The first-order valence-corrected chi connectivity index (χ1v) is 9.54. The van der Waals surface area contributed by atoms with Crippen molar-refractivity contribution in [2.24, 2.45) is 0 Å². The molecule has 126 valence electrons. The molecule has 1 aromatic carbocycles. The van der Waals surface area contributed by atoms with Crippen molar-refractivity contribution in [3.05, 3.63) is 53.9 Å². The number of nitrogens with zero attached hydrogens (tertiary/aromatic N) is 1. The van der Waals surface area contributed by atoms with Crippen molar-refractivity contribution in [3.63, 3.8) is 0 Å². The molecule has 0 aliphatic carbocycles. The first kappa shape index (κ1) is 16.4. The summed E-state index contributed by atoms with van der Waals surface area (Å²) < 4.78 is 23.0. The van der Waals surface area contributed by atoms with Crippen molar-refractivity contribution in [2.45, 2.75) is 19.4 Å². The Balaban J connectivity index is 1.69. The maximum absolute atomic E-state index is 12.3. The lowest BCUT2D eigenvalue weighted by Crippen LogP contribution is -2.21. The van der Waals surface area contributed by atoms with Crippen LogP contribution in [0.25, 0.3) is 0 Å². The molecule has 1 aliphatic rings. The third kappa shape index (κ3) is 4.11. The molecular weight excluding hydrogens is 326 g/mol. The average Bonchev–Trinajstić information content (AvgIpc) is 2.86. The van der Waals surface area contributed by atoms with E-state index in [1.54, 1.807) is 12.1 Å². The van der Waals surface area contributed by atoms with E-state index in [4.69, 9.17) is 0 Å². The molecule has 0 saturated carbocycles. The number of pyridine rings is 1. The second-order valence-corrected chi connectivity index (χ2v) is 8.23. The van der Waals surface area contributed by atoms with Crippen molar-refractivity contribution in [3.8, 4) is 0 Å². The fraction of sp³-hybridized carbons (Fsp3) is 0.294. The van der Waals surface area contributed by atoms with Crippen LogP contribution in [0.15, 0.2) is 42.6 Å². The Hall–Kier alpha value is -2.41. The molecule has 0 radical (unpaired) electrons. The van der Waals surface area contributed by atoms with E-state index in [0.717, 1.165) is 5.56 Å². The van der Waals surface area contributed by atoms with Crippen LogP contribution in [0.5, 0.6) is 0 Å². The third-order valence-corrected chi connectivity index (χ3v) is 5.64. The molecule has 0 spiro atoms. The van der Waals surface area contributed by atoms with Crippen LogP contribution in [-0.4, -0.2) is 36.9 Å². The van der Waals surface area contributed by atoms with Crippen LogP contribution in [0, 0.1) is 6.92 Å². The van der Waals surface area contributed by atoms with Gasteiger partial charge in [-0.05, 0) is 43.2 Å². The summed E-state index contributed by atoms with van der Waals surface area (Å²) in [6, 6.07) is 10.8. The predicted octanol–water partition coefficient (Wildman–Crippen LogP) is 2.24. The summed E-state index contributed by atoms with van der Waals surface area (Å²) >= 11 is 0. The number of rotatable bonds is 4. The van der Waals surface area contributed by atoms with Crippen molar-refractivity contribution in [1.29, 1.82) is 0 Å². The summed E-state index contributed by atoms with van der Waals surface area (Å²) in [4.78, 5) is 16.4. The molecule has 1 atom stereocenters. The molecule has 2 heterocycles. The molecule has 6 nitrogen and oxygen atoms in total. The van der Waals surface area contributed by atoms with Gasteiger partial charge in [0.05, 0.1) is 11.5 Å². The minimum Gasteiger partial charge on any atom is -0.381 e. The Bertz CT molecular complexity index is 865. The zero-order valence-electron chi connectivity index (χ0n) is 13.3. The van der Waals surface area contributed by atoms with E-state index < -0.39 is 9.84 Å². The monoisotopic (exact) mass is 345 g/mol. The van der Waals surface area contributed by atoms with Gasteiger partial charge in [0.2, 0.25) is 0 Å². The van der Waals surface area contributed by atoms with E-state index in [2.05, 4.69) is 15.6 Å². The highest BCUT2D eigenvalue weighted by atomic mass is 32.2. The smallest absolute Gasteiger partial charge is 0.274 e. The van der Waals surface area contributed by atoms with Crippen molar-refractivity contribution >= 4 is 27.1 Å². The highest BCUT2D eigenvalue weighted by Crippen LogP contribution is 2.18. The van der Waals surface area contributed by atoms with Gasteiger partial charge in [0, 0.05) is 23.6 Å². The normalized spacial score (nSPS) is 19.0. The van der Waals surface area contributed by atoms with Gasteiger partial charge in [0.15, 0.2) is 9.84 Å². The van der Waals surface area contributed by atoms with Gasteiger partial charge >= 0.3 is 0 Å². The molecule has 24 heavy (non-hydrogen) atoms. The summed E-state index contributed by atoms with van der Waals surface area (Å²) in [5.74, 6) is 0.0275. The first-order chi connectivity index (χ1) is 11.4. The number of benzene rings is 1. The maximum Gasteiger partial charge on any atom is 0.274 e. The fourth-order valence-corrected chi connectivity index (χ4v) is 4.38. The van der Waals surface area contributed by atoms with Crippen LogP contribution in [0.1, 0.15) is 22.5 Å². The molecule has 1 fully saturated rings. The SMILES string of the molecule is Cc1cccc(NC(=O)c2cc(NC3CCS(=O)(=O)C3)ccn2)c1. The quantitative estimate of drug-likeness (QED) is 0.887. The Kier molecular flexibility index (Phi) is 4.53. The standard InChI is InChI=1S/C17H19N3O3S/c1-12-3-2-4-13(9-12)20-17(21)16-10-14(5-7-18-16)19-15-6-8-24(22,23)11-15/h2-5,7,9-10,15H,6,8,11H2,1H3,(H,18,19)(H,20,21). The van der Waals surface area contributed by atoms with E-state index in [0.29, 0.717) is 17.8 Å². The molecule has 2 N–H and O–H groups in total. The lowest BCUT2D eigenvalue weighted by atomic mass is 10.2. The van der Waals surface area contributed by atoms with Crippen LogP contribution >= 0.6 is 0 Å². The minimum atomic E-state index is -2.94. The Morgan fingerprint density at radius 2 is 2.04 bits per heavy atom. The predicted molar refractivity (Wildman–Crippen MR) is 94.1 cm³/mol. The summed E-state index contributed by atoms with van der Waals surface area (Å²) in [6.07, 6.45) is 2.12. The van der Waals surface area contributed by atoms with Gasteiger partial charge in [0.1, 0.15) is 5.69 Å². The highest BCUT2D eigenvalue weighted by molar-refractivity contribution is 7.91. The number of aryl methyl sites for hydroxylation is 1. The number of hydrogen-bond acceptors (Lipinski definition) is 5. The van der Waals surface area contributed by atoms with Gasteiger partial charge < -0.3 is 10.6 Å². The molecular formula is C17H19N3O3S. The zero-order valence-corrected chi connectivity index (χ0v) is 14.1. The van der Waals surface area contributed by atoms with Gasteiger partial charge in [-0.15, -0.1) is 0 Å². The topological polar surface area (TPSA) is 88.2 Å². The summed E-state index contributed by atoms with van der Waals surface area (Å²) in [6.45, 7) is 1.95. The van der Waals surface area contributed by atoms with Crippen molar-refractivity contribution < 1.29 is 13.2 Å². The largest absolute Gasteiger partial charge is 0.381 e. The molecule has 3 rings (SSSR count). The van der Waals surface area contributed by atoms with Gasteiger partial charge in [-0.1, -0.05) is 12.1 Å². The summed E-state index contributed by atoms with van der Waals surface area (Å²) in [5.41, 5.74) is 2.74. The second kappa shape index (κ2) is 6.60. The molecule has 1 unspecified atom stereocenters. The number of carbonyl (C=O) groups is 1. The van der Waals surface area contributed by atoms with E-state index in [9.17, 15) is 13.2 Å². The van der Waals surface area contributed by atoms with Crippen molar-refractivity contribution in [2.75, 3.05) is 22.1 Å². The summed E-state index contributed by atoms with van der Waals surface area (Å²) in [7, 11) is -2.94. The van der Waals surface area contributed by atoms with Gasteiger partial charge in [0.25, 0.3) is 5.91 Å². The number of hydrogen-bond donors (Lipinski definition) is 2. The molecule has 1 aromatic heterocycles. The Morgan fingerprint density at radius 3 is 2.75 bits per heavy atom. The molecule has 7 heteroatoms. The third-order valence-electron chi connectivity index (χ3n) is 3.87. The van der Waals surface area contributed by atoms with Crippen LogP contribution < -0.4 is 10.6 Å². The molecule has 1 amide bonds. The zero-order chi connectivity index (χ0) is 17.2.